The fourth-order valence-corrected chi connectivity index (χ4v) is 2.33. The first-order chi connectivity index (χ1) is 10.1. The van der Waals surface area contributed by atoms with Crippen molar-refractivity contribution < 1.29 is 10.4 Å². The van der Waals surface area contributed by atoms with Crippen molar-refractivity contribution in [2.75, 3.05) is 19.0 Å². The first-order valence-corrected chi connectivity index (χ1v) is 7.40. The minimum absolute atomic E-state index is 0.126. The molecule has 2 aromatic rings. The minimum atomic E-state index is -0.438. The average molecular weight is 285 g/mol. The average Bonchev–Trinajstić information content (AvgIpc) is 2.53. The molecule has 0 aliphatic carbocycles. The molecular weight excluding hydrogens is 260 g/mol. The Morgan fingerprint density at radius 2 is 1.62 bits per heavy atom. The third-order valence-corrected chi connectivity index (χ3v) is 3.82. The smallest absolute Gasteiger partial charge is 0.130 e. The van der Waals surface area contributed by atoms with Crippen LogP contribution >= 0.6 is 0 Å². The van der Waals surface area contributed by atoms with Crippen molar-refractivity contribution in [3.05, 3.63) is 65.7 Å². The Balaban J connectivity index is 1.90. The SMILES string of the molecule is C[C@@H]([NH2+]Cc1ccc(N(C)C)cc1)[C@H](O)c1ccccc1. The highest BCUT2D eigenvalue weighted by Gasteiger charge is 2.18. The van der Waals surface area contributed by atoms with Crippen LogP contribution in [0.5, 0.6) is 0 Å². The zero-order valence-corrected chi connectivity index (χ0v) is 13.0. The van der Waals surface area contributed by atoms with Crippen molar-refractivity contribution >= 4 is 5.69 Å². The normalized spacial score (nSPS) is 13.7. The maximum Gasteiger partial charge on any atom is 0.130 e. The van der Waals surface area contributed by atoms with E-state index in [0.29, 0.717) is 0 Å². The van der Waals surface area contributed by atoms with Gasteiger partial charge in [0, 0.05) is 25.3 Å². The molecule has 0 aromatic heterocycles. The number of rotatable bonds is 6. The standard InChI is InChI=1S/C18H24N2O/c1-14(18(21)16-7-5-4-6-8-16)19-13-15-9-11-17(12-10-15)20(2)3/h4-12,14,18-19,21H,13H2,1-3H3/p+1/t14-,18+/m1/s1. The summed E-state index contributed by atoms with van der Waals surface area (Å²) in [6.07, 6.45) is -0.438. The molecule has 2 rings (SSSR count). The number of aliphatic hydroxyl groups is 1. The summed E-state index contributed by atoms with van der Waals surface area (Å²) in [5, 5.41) is 12.5. The van der Waals surface area contributed by atoms with Gasteiger partial charge in [-0.15, -0.1) is 0 Å². The van der Waals surface area contributed by atoms with Gasteiger partial charge >= 0.3 is 0 Å². The molecule has 0 amide bonds. The molecule has 112 valence electrons. The molecule has 0 spiro atoms. The number of anilines is 1. The molecule has 0 heterocycles. The Morgan fingerprint density at radius 3 is 2.19 bits per heavy atom. The van der Waals surface area contributed by atoms with Crippen LogP contribution in [0.1, 0.15) is 24.2 Å². The van der Waals surface area contributed by atoms with E-state index < -0.39 is 6.10 Å². The second kappa shape index (κ2) is 7.25. The lowest BCUT2D eigenvalue weighted by Gasteiger charge is -2.18. The Kier molecular flexibility index (Phi) is 5.37. The highest BCUT2D eigenvalue weighted by Crippen LogP contribution is 2.14. The van der Waals surface area contributed by atoms with Gasteiger partial charge in [0.15, 0.2) is 0 Å². The topological polar surface area (TPSA) is 40.1 Å². The predicted molar refractivity (Wildman–Crippen MR) is 87.3 cm³/mol. The Morgan fingerprint density at radius 1 is 1.00 bits per heavy atom. The predicted octanol–water partition coefficient (Wildman–Crippen LogP) is 1.94. The maximum absolute atomic E-state index is 10.3. The van der Waals surface area contributed by atoms with Crippen molar-refractivity contribution in [3.63, 3.8) is 0 Å². The third kappa shape index (κ3) is 4.31. The molecule has 0 saturated carbocycles. The molecule has 0 unspecified atom stereocenters. The summed E-state index contributed by atoms with van der Waals surface area (Å²) in [6, 6.07) is 18.5. The van der Waals surface area contributed by atoms with Gasteiger partial charge in [-0.3, -0.25) is 0 Å². The van der Waals surface area contributed by atoms with E-state index in [1.807, 2.05) is 44.4 Å². The van der Waals surface area contributed by atoms with Crippen molar-refractivity contribution in [2.24, 2.45) is 0 Å². The second-order valence-electron chi connectivity index (χ2n) is 5.72. The van der Waals surface area contributed by atoms with Gasteiger partial charge in [-0.1, -0.05) is 42.5 Å². The number of aliphatic hydroxyl groups excluding tert-OH is 1. The number of nitrogens with two attached hydrogens (primary N) is 1. The molecule has 0 aliphatic heterocycles. The van der Waals surface area contributed by atoms with Crippen molar-refractivity contribution in [1.82, 2.24) is 0 Å². The molecule has 0 saturated heterocycles. The van der Waals surface area contributed by atoms with Gasteiger partial charge in [-0.05, 0) is 24.6 Å². The van der Waals surface area contributed by atoms with Crippen LogP contribution in [-0.4, -0.2) is 25.2 Å². The molecular formula is C18H25N2O+. The van der Waals surface area contributed by atoms with E-state index in [0.717, 1.165) is 12.1 Å². The second-order valence-corrected chi connectivity index (χ2v) is 5.72. The fourth-order valence-electron chi connectivity index (χ4n) is 2.33. The molecule has 0 bridgehead atoms. The van der Waals surface area contributed by atoms with E-state index in [9.17, 15) is 5.11 Å². The van der Waals surface area contributed by atoms with E-state index in [4.69, 9.17) is 0 Å². The van der Waals surface area contributed by atoms with E-state index in [2.05, 4.69) is 41.4 Å². The Labute approximate surface area is 127 Å². The minimum Gasteiger partial charge on any atom is -0.382 e. The van der Waals surface area contributed by atoms with Crippen molar-refractivity contribution in [1.29, 1.82) is 0 Å². The summed E-state index contributed by atoms with van der Waals surface area (Å²) in [4.78, 5) is 2.09. The molecule has 2 atom stereocenters. The molecule has 3 N–H and O–H groups in total. The van der Waals surface area contributed by atoms with Crippen LogP contribution in [0.25, 0.3) is 0 Å². The first-order valence-electron chi connectivity index (χ1n) is 7.40. The number of nitrogens with zero attached hydrogens (tertiary/aromatic N) is 1. The van der Waals surface area contributed by atoms with Gasteiger partial charge in [-0.2, -0.15) is 0 Å². The van der Waals surface area contributed by atoms with Crippen LogP contribution < -0.4 is 10.2 Å². The van der Waals surface area contributed by atoms with Gasteiger partial charge < -0.3 is 15.3 Å². The molecule has 0 aliphatic rings. The number of hydrogen-bond donors (Lipinski definition) is 2. The first kappa shape index (κ1) is 15.5. The molecule has 0 radical (unpaired) electrons. The fraction of sp³-hybridized carbons (Fsp3) is 0.333. The van der Waals surface area contributed by atoms with Crippen LogP contribution in [0.2, 0.25) is 0 Å². The zero-order chi connectivity index (χ0) is 15.2. The van der Waals surface area contributed by atoms with Gasteiger partial charge in [0.1, 0.15) is 18.7 Å². The van der Waals surface area contributed by atoms with E-state index in [1.165, 1.54) is 11.3 Å². The van der Waals surface area contributed by atoms with E-state index >= 15 is 0 Å². The van der Waals surface area contributed by atoms with Crippen LogP contribution in [0.3, 0.4) is 0 Å². The highest BCUT2D eigenvalue weighted by atomic mass is 16.3. The van der Waals surface area contributed by atoms with Crippen molar-refractivity contribution in [3.8, 4) is 0 Å². The van der Waals surface area contributed by atoms with Crippen LogP contribution in [0.15, 0.2) is 54.6 Å². The summed E-state index contributed by atoms with van der Waals surface area (Å²) >= 11 is 0. The zero-order valence-electron chi connectivity index (χ0n) is 13.0. The van der Waals surface area contributed by atoms with E-state index in [-0.39, 0.29) is 6.04 Å². The van der Waals surface area contributed by atoms with E-state index in [1.54, 1.807) is 0 Å². The van der Waals surface area contributed by atoms with Crippen LogP contribution in [0, 0.1) is 0 Å². The van der Waals surface area contributed by atoms with Gasteiger partial charge in [-0.25, -0.2) is 0 Å². The molecule has 0 fully saturated rings. The quantitative estimate of drug-likeness (QED) is 0.851. The summed E-state index contributed by atoms with van der Waals surface area (Å²) in [7, 11) is 4.08. The summed E-state index contributed by atoms with van der Waals surface area (Å²) < 4.78 is 0. The lowest BCUT2D eigenvalue weighted by molar-refractivity contribution is -0.709. The molecule has 2 aromatic carbocycles. The lowest BCUT2D eigenvalue weighted by atomic mass is 10.0. The molecule has 3 heteroatoms. The van der Waals surface area contributed by atoms with Crippen molar-refractivity contribution in [2.45, 2.75) is 25.6 Å². The third-order valence-electron chi connectivity index (χ3n) is 3.82. The monoisotopic (exact) mass is 285 g/mol. The lowest BCUT2D eigenvalue weighted by Crippen LogP contribution is -2.88. The molecule has 21 heavy (non-hydrogen) atoms. The summed E-state index contributed by atoms with van der Waals surface area (Å²) in [6.45, 7) is 2.94. The highest BCUT2D eigenvalue weighted by molar-refractivity contribution is 5.45. The number of hydrogen-bond acceptors (Lipinski definition) is 2. The Hall–Kier alpha value is -1.84. The van der Waals surface area contributed by atoms with Gasteiger partial charge in [0.2, 0.25) is 0 Å². The Bertz CT molecular complexity index is 537. The van der Waals surface area contributed by atoms with Gasteiger partial charge in [0.25, 0.3) is 0 Å². The largest absolute Gasteiger partial charge is 0.382 e. The summed E-state index contributed by atoms with van der Waals surface area (Å²) in [5.41, 5.74) is 3.45. The molecule has 3 nitrogen and oxygen atoms in total. The van der Waals surface area contributed by atoms with Crippen LogP contribution in [-0.2, 0) is 6.54 Å². The van der Waals surface area contributed by atoms with Gasteiger partial charge in [0.05, 0.1) is 0 Å². The maximum atomic E-state index is 10.3. The summed E-state index contributed by atoms with van der Waals surface area (Å²) in [5.74, 6) is 0. The number of quaternary nitrogens is 1. The number of benzene rings is 2. The van der Waals surface area contributed by atoms with Crippen LogP contribution in [0.4, 0.5) is 5.69 Å².